The minimum atomic E-state index is -0.246. The van der Waals surface area contributed by atoms with Crippen molar-refractivity contribution in [3.05, 3.63) is 106 Å². The lowest BCUT2D eigenvalue weighted by Crippen LogP contribution is -2.32. The van der Waals surface area contributed by atoms with Crippen LogP contribution >= 0.6 is 11.8 Å². The Bertz CT molecular complexity index is 1370. The van der Waals surface area contributed by atoms with Crippen molar-refractivity contribution in [3.8, 4) is 5.75 Å². The average molecular weight is 453 g/mol. The maximum atomic E-state index is 6.69. The lowest BCUT2D eigenvalue weighted by molar-refractivity contribution is 0.223. The molecule has 0 saturated heterocycles. The second-order valence-electron chi connectivity index (χ2n) is 8.54. The van der Waals surface area contributed by atoms with Crippen molar-refractivity contribution in [2.75, 3.05) is 11.6 Å². The number of thioether (sulfide) groups is 1. The smallest absolute Gasteiger partial charge is 0.227 e. The van der Waals surface area contributed by atoms with Gasteiger partial charge in [-0.05, 0) is 43.4 Å². The Balaban J connectivity index is 1.62. The van der Waals surface area contributed by atoms with Crippen molar-refractivity contribution < 1.29 is 4.74 Å². The first-order valence-corrected chi connectivity index (χ1v) is 12.3. The summed E-state index contributed by atoms with van der Waals surface area (Å²) >= 11 is 1.55. The normalized spacial score (nSPS) is 18.6. The molecular formula is C27H24N4OS. The van der Waals surface area contributed by atoms with Crippen molar-refractivity contribution in [1.29, 1.82) is 0 Å². The Labute approximate surface area is 197 Å². The van der Waals surface area contributed by atoms with Gasteiger partial charge < -0.3 is 10.1 Å². The molecule has 3 heterocycles. The highest BCUT2D eigenvalue weighted by Crippen LogP contribution is 2.50. The van der Waals surface area contributed by atoms with Gasteiger partial charge in [0.2, 0.25) is 11.1 Å². The number of fused-ring (bicyclic) bond motifs is 3. The molecule has 0 spiro atoms. The highest BCUT2D eigenvalue weighted by molar-refractivity contribution is 7.98. The van der Waals surface area contributed by atoms with Crippen molar-refractivity contribution in [2.45, 2.75) is 31.1 Å². The number of hydrogen-bond acceptors (Lipinski definition) is 5. The summed E-state index contributed by atoms with van der Waals surface area (Å²) in [5.41, 5.74) is 7.98. The molecule has 0 fully saturated rings. The minimum absolute atomic E-state index is 0.134. The Hall–Kier alpha value is -3.51. The molecule has 0 amide bonds. The molecule has 2 atom stereocenters. The van der Waals surface area contributed by atoms with Gasteiger partial charge in [0.15, 0.2) is 0 Å². The van der Waals surface area contributed by atoms with Crippen LogP contribution in [0.15, 0.2) is 83.5 Å². The summed E-state index contributed by atoms with van der Waals surface area (Å²) in [4.78, 5) is 4.76. The molecule has 0 aliphatic carbocycles. The lowest BCUT2D eigenvalue weighted by Gasteiger charge is -2.39. The molecule has 33 heavy (non-hydrogen) atoms. The third-order valence-corrected chi connectivity index (χ3v) is 6.85. The van der Waals surface area contributed by atoms with Gasteiger partial charge in [-0.3, -0.25) is 0 Å². The van der Waals surface area contributed by atoms with E-state index in [-0.39, 0.29) is 12.1 Å². The van der Waals surface area contributed by atoms with Crippen LogP contribution in [0.5, 0.6) is 5.75 Å². The van der Waals surface area contributed by atoms with Crippen molar-refractivity contribution in [3.63, 3.8) is 0 Å². The van der Waals surface area contributed by atoms with Gasteiger partial charge >= 0.3 is 0 Å². The number of hydrogen-bond donors (Lipinski definition) is 1. The fraction of sp³-hybridized carbons (Fsp3) is 0.185. The van der Waals surface area contributed by atoms with Crippen molar-refractivity contribution >= 4 is 23.4 Å². The number of para-hydroxylation sites is 1. The Kier molecular flexibility index (Phi) is 4.76. The quantitative estimate of drug-likeness (QED) is 0.376. The number of aromatic nitrogens is 3. The van der Waals surface area contributed by atoms with E-state index in [9.17, 15) is 0 Å². The third-order valence-electron chi connectivity index (χ3n) is 6.32. The maximum absolute atomic E-state index is 6.69. The average Bonchev–Trinajstić information content (AvgIpc) is 3.26. The molecule has 0 unspecified atom stereocenters. The van der Waals surface area contributed by atoms with Gasteiger partial charge in [-0.1, -0.05) is 83.6 Å². The molecule has 2 aliphatic rings. The summed E-state index contributed by atoms with van der Waals surface area (Å²) in [7, 11) is 0. The number of benzene rings is 3. The van der Waals surface area contributed by atoms with Gasteiger partial charge in [-0.2, -0.15) is 4.98 Å². The van der Waals surface area contributed by atoms with Crippen LogP contribution in [0.1, 0.15) is 40.0 Å². The van der Waals surface area contributed by atoms with Crippen LogP contribution in [0.4, 0.5) is 5.95 Å². The van der Waals surface area contributed by atoms with E-state index in [0.717, 1.165) is 44.8 Å². The van der Waals surface area contributed by atoms with E-state index in [1.54, 1.807) is 11.8 Å². The van der Waals surface area contributed by atoms with Gasteiger partial charge in [0, 0.05) is 11.1 Å². The minimum Gasteiger partial charge on any atom is -0.480 e. The summed E-state index contributed by atoms with van der Waals surface area (Å²) in [6.07, 6.45) is 1.76. The van der Waals surface area contributed by atoms with Crippen LogP contribution in [0, 0.1) is 13.8 Å². The molecule has 4 aromatic rings. The molecule has 164 valence electrons. The predicted octanol–water partition coefficient (Wildman–Crippen LogP) is 6.18. The molecular weight excluding hydrogens is 428 g/mol. The second kappa shape index (κ2) is 7.81. The molecule has 1 aromatic heterocycles. The van der Waals surface area contributed by atoms with Gasteiger partial charge in [-0.25, -0.2) is 4.68 Å². The highest BCUT2D eigenvalue weighted by atomic mass is 32.2. The van der Waals surface area contributed by atoms with Crippen LogP contribution in [0.2, 0.25) is 0 Å². The van der Waals surface area contributed by atoms with Crippen LogP contribution in [0.3, 0.4) is 0 Å². The fourth-order valence-corrected chi connectivity index (χ4v) is 4.98. The SMILES string of the molecule is CSc1nc2n(n1)[C@H](c1ccc(C)cc1)C1=C(N2)c2ccccc2O[C@@H]1c1ccc(C)cc1. The zero-order valence-electron chi connectivity index (χ0n) is 18.7. The lowest BCUT2D eigenvalue weighted by atomic mass is 9.84. The molecule has 5 nitrogen and oxygen atoms in total. The van der Waals surface area contributed by atoms with Crippen LogP contribution in [-0.4, -0.2) is 21.0 Å². The van der Waals surface area contributed by atoms with Gasteiger partial charge in [-0.15, -0.1) is 5.10 Å². The number of nitrogens with zero attached hydrogens (tertiary/aromatic N) is 3. The summed E-state index contributed by atoms with van der Waals surface area (Å²) in [5, 5.41) is 9.21. The Morgan fingerprint density at radius 1 is 0.879 bits per heavy atom. The molecule has 0 saturated carbocycles. The number of nitrogens with one attached hydrogen (secondary N) is 1. The molecule has 1 N–H and O–H groups in total. The number of rotatable bonds is 3. The summed E-state index contributed by atoms with van der Waals surface area (Å²) in [6.45, 7) is 4.22. The monoisotopic (exact) mass is 452 g/mol. The van der Waals surface area contributed by atoms with Gasteiger partial charge in [0.05, 0.1) is 5.70 Å². The molecule has 0 radical (unpaired) electrons. The molecule has 2 aliphatic heterocycles. The van der Waals surface area contributed by atoms with E-state index in [2.05, 4.69) is 73.8 Å². The van der Waals surface area contributed by atoms with E-state index in [1.807, 2.05) is 29.1 Å². The first-order chi connectivity index (χ1) is 16.1. The standard InChI is InChI=1S/C27H24N4OS/c1-16-8-12-18(13-9-16)24-22-23(28-26-29-27(33-3)30-31(24)26)20-6-4-5-7-21(20)32-25(22)19-14-10-17(2)11-15-19/h4-15,24-25H,1-3H3,(H,28,29,30)/t24-,25-/m1/s1. The predicted molar refractivity (Wildman–Crippen MR) is 133 cm³/mol. The van der Waals surface area contributed by atoms with E-state index in [1.165, 1.54) is 11.1 Å². The van der Waals surface area contributed by atoms with Crippen LogP contribution in [-0.2, 0) is 0 Å². The zero-order valence-corrected chi connectivity index (χ0v) is 19.6. The second-order valence-corrected chi connectivity index (χ2v) is 9.31. The molecule has 6 rings (SSSR count). The maximum Gasteiger partial charge on any atom is 0.227 e. The summed E-state index contributed by atoms with van der Waals surface area (Å²) in [5.74, 6) is 1.62. The van der Waals surface area contributed by atoms with Crippen LogP contribution < -0.4 is 10.1 Å². The van der Waals surface area contributed by atoms with Crippen molar-refractivity contribution in [2.24, 2.45) is 0 Å². The molecule has 0 bridgehead atoms. The third kappa shape index (κ3) is 3.33. The Morgan fingerprint density at radius 2 is 1.55 bits per heavy atom. The van der Waals surface area contributed by atoms with Gasteiger partial charge in [0.1, 0.15) is 17.9 Å². The van der Waals surface area contributed by atoms with E-state index < -0.39 is 0 Å². The molecule has 6 heteroatoms. The molecule has 3 aromatic carbocycles. The first-order valence-electron chi connectivity index (χ1n) is 11.0. The number of aryl methyl sites for hydroxylation is 2. The Morgan fingerprint density at radius 3 is 2.24 bits per heavy atom. The fourth-order valence-electron chi connectivity index (χ4n) is 4.63. The highest BCUT2D eigenvalue weighted by Gasteiger charge is 2.41. The van der Waals surface area contributed by atoms with Crippen molar-refractivity contribution in [1.82, 2.24) is 14.8 Å². The van der Waals surface area contributed by atoms with Gasteiger partial charge in [0.25, 0.3) is 0 Å². The number of ether oxygens (including phenoxy) is 1. The van der Waals surface area contributed by atoms with E-state index >= 15 is 0 Å². The van der Waals surface area contributed by atoms with E-state index in [4.69, 9.17) is 14.8 Å². The van der Waals surface area contributed by atoms with E-state index in [0.29, 0.717) is 0 Å². The van der Waals surface area contributed by atoms with Crippen LogP contribution in [0.25, 0.3) is 5.70 Å². The zero-order chi connectivity index (χ0) is 22.5. The first kappa shape index (κ1) is 20.1. The largest absolute Gasteiger partial charge is 0.480 e. The number of anilines is 1. The topological polar surface area (TPSA) is 52.0 Å². The summed E-state index contributed by atoms with van der Waals surface area (Å²) < 4.78 is 8.69. The summed E-state index contributed by atoms with van der Waals surface area (Å²) in [6, 6.07) is 25.4.